The van der Waals surface area contributed by atoms with Crippen molar-refractivity contribution in [3.63, 3.8) is 0 Å². The SMILES string of the molecule is NC(=O)NC1(C(=O)NC2CCN(C(=O)C3COc4ccccc4O3)CC2)CC1. The molecule has 1 aromatic rings. The number of piperidine rings is 1. The van der Waals surface area contributed by atoms with Gasteiger partial charge in [-0.1, -0.05) is 12.1 Å². The van der Waals surface area contributed by atoms with Gasteiger partial charge in [-0.2, -0.15) is 0 Å². The van der Waals surface area contributed by atoms with Gasteiger partial charge in [-0.15, -0.1) is 0 Å². The van der Waals surface area contributed by atoms with E-state index in [1.54, 1.807) is 11.0 Å². The van der Waals surface area contributed by atoms with Gasteiger partial charge in [0.1, 0.15) is 12.1 Å². The predicted molar refractivity (Wildman–Crippen MR) is 98.8 cm³/mol. The van der Waals surface area contributed by atoms with Crippen LogP contribution in [0.1, 0.15) is 25.7 Å². The van der Waals surface area contributed by atoms with Crippen LogP contribution >= 0.6 is 0 Å². The van der Waals surface area contributed by atoms with Gasteiger partial charge >= 0.3 is 6.03 Å². The number of ether oxygens (including phenoxy) is 2. The zero-order chi connectivity index (χ0) is 19.7. The summed E-state index contributed by atoms with van der Waals surface area (Å²) in [5.41, 5.74) is 4.30. The Balaban J connectivity index is 1.27. The summed E-state index contributed by atoms with van der Waals surface area (Å²) >= 11 is 0. The minimum Gasteiger partial charge on any atom is -0.485 e. The third kappa shape index (κ3) is 3.69. The van der Waals surface area contributed by atoms with Gasteiger partial charge in [-0.05, 0) is 37.8 Å². The fourth-order valence-corrected chi connectivity index (χ4v) is 3.68. The number of nitrogens with zero attached hydrogens (tertiary/aromatic N) is 1. The van der Waals surface area contributed by atoms with Crippen molar-refractivity contribution in [3.8, 4) is 11.5 Å². The van der Waals surface area contributed by atoms with Gasteiger partial charge in [0.2, 0.25) is 12.0 Å². The Morgan fingerprint density at radius 2 is 1.79 bits per heavy atom. The number of nitrogens with two attached hydrogens (primary N) is 1. The van der Waals surface area contributed by atoms with Gasteiger partial charge < -0.3 is 30.7 Å². The van der Waals surface area contributed by atoms with Gasteiger partial charge in [0.15, 0.2) is 11.5 Å². The van der Waals surface area contributed by atoms with E-state index in [1.165, 1.54) is 0 Å². The van der Waals surface area contributed by atoms with Crippen LogP contribution in [0.5, 0.6) is 11.5 Å². The van der Waals surface area contributed by atoms with Crippen LogP contribution in [-0.4, -0.2) is 60.1 Å². The Labute approximate surface area is 162 Å². The van der Waals surface area contributed by atoms with E-state index in [0.29, 0.717) is 50.3 Å². The molecule has 9 heteroatoms. The molecule has 2 aliphatic heterocycles. The molecule has 3 aliphatic rings. The van der Waals surface area contributed by atoms with Crippen molar-refractivity contribution in [2.24, 2.45) is 5.73 Å². The lowest BCUT2D eigenvalue weighted by atomic mass is 10.0. The molecule has 1 unspecified atom stereocenters. The summed E-state index contributed by atoms with van der Waals surface area (Å²) in [5, 5.41) is 5.51. The second kappa shape index (κ2) is 7.21. The highest BCUT2D eigenvalue weighted by molar-refractivity contribution is 5.93. The zero-order valence-corrected chi connectivity index (χ0v) is 15.5. The van der Waals surface area contributed by atoms with Crippen molar-refractivity contribution in [1.82, 2.24) is 15.5 Å². The van der Waals surface area contributed by atoms with E-state index >= 15 is 0 Å². The summed E-state index contributed by atoms with van der Waals surface area (Å²) in [4.78, 5) is 38.0. The molecule has 4 rings (SSSR count). The quantitative estimate of drug-likeness (QED) is 0.677. The van der Waals surface area contributed by atoms with Crippen LogP contribution in [0.2, 0.25) is 0 Å². The summed E-state index contributed by atoms with van der Waals surface area (Å²) in [6.45, 7) is 1.25. The molecule has 4 amide bonds. The van der Waals surface area contributed by atoms with Gasteiger partial charge in [-0.25, -0.2) is 4.79 Å². The Kier molecular flexibility index (Phi) is 4.74. The number of hydrogen-bond acceptors (Lipinski definition) is 5. The minimum atomic E-state index is -0.848. The molecule has 0 spiro atoms. The monoisotopic (exact) mass is 388 g/mol. The lowest BCUT2D eigenvalue weighted by molar-refractivity contribution is -0.142. The molecule has 4 N–H and O–H groups in total. The van der Waals surface area contributed by atoms with E-state index in [2.05, 4.69) is 10.6 Å². The first-order chi connectivity index (χ1) is 13.5. The molecule has 1 saturated carbocycles. The first kappa shape index (κ1) is 18.4. The lowest BCUT2D eigenvalue weighted by Crippen LogP contribution is -2.56. The minimum absolute atomic E-state index is 0.0343. The molecule has 2 heterocycles. The number of rotatable bonds is 4. The molecule has 1 saturated heterocycles. The molecule has 0 bridgehead atoms. The summed E-state index contributed by atoms with van der Waals surface area (Å²) in [5.74, 6) is 0.919. The number of carbonyl (C=O) groups excluding carboxylic acids is 3. The van der Waals surface area contributed by atoms with Crippen LogP contribution in [-0.2, 0) is 9.59 Å². The first-order valence-corrected chi connectivity index (χ1v) is 9.53. The van der Waals surface area contributed by atoms with Crippen LogP contribution in [0.25, 0.3) is 0 Å². The third-order valence-electron chi connectivity index (χ3n) is 5.47. The van der Waals surface area contributed by atoms with Gasteiger partial charge in [-0.3, -0.25) is 9.59 Å². The molecule has 28 heavy (non-hydrogen) atoms. The number of primary amides is 1. The molecule has 0 radical (unpaired) electrons. The predicted octanol–water partition coefficient (Wildman–Crippen LogP) is 0.135. The average molecular weight is 388 g/mol. The highest BCUT2D eigenvalue weighted by Gasteiger charge is 2.51. The maximum atomic E-state index is 12.8. The van der Waals surface area contributed by atoms with Crippen LogP contribution in [0, 0.1) is 0 Å². The first-order valence-electron chi connectivity index (χ1n) is 9.53. The van der Waals surface area contributed by atoms with Crippen LogP contribution < -0.4 is 25.8 Å². The molecule has 0 aromatic heterocycles. The van der Waals surface area contributed by atoms with Crippen LogP contribution in [0.15, 0.2) is 24.3 Å². The third-order valence-corrected chi connectivity index (χ3v) is 5.47. The number of para-hydroxylation sites is 2. The van der Waals surface area contributed by atoms with E-state index in [4.69, 9.17) is 15.2 Å². The largest absolute Gasteiger partial charge is 0.485 e. The van der Waals surface area contributed by atoms with E-state index in [1.807, 2.05) is 18.2 Å². The highest BCUT2D eigenvalue weighted by Crippen LogP contribution is 2.36. The zero-order valence-electron chi connectivity index (χ0n) is 15.5. The summed E-state index contributed by atoms with van der Waals surface area (Å²) < 4.78 is 11.4. The fourth-order valence-electron chi connectivity index (χ4n) is 3.68. The highest BCUT2D eigenvalue weighted by atomic mass is 16.6. The second-order valence-corrected chi connectivity index (χ2v) is 7.51. The summed E-state index contributed by atoms with van der Waals surface area (Å²) in [6, 6.07) is 6.56. The molecular weight excluding hydrogens is 364 g/mol. The number of benzene rings is 1. The smallest absolute Gasteiger partial charge is 0.313 e. The standard InChI is InChI=1S/C19H24N4O5/c20-18(26)22-19(7-8-19)17(25)21-12-5-9-23(10-6-12)16(24)15-11-27-13-3-1-2-4-14(13)28-15/h1-4,12,15H,5-11H2,(H,21,25)(H3,20,22,26). The molecule has 1 atom stereocenters. The van der Waals surface area contributed by atoms with E-state index in [0.717, 1.165) is 0 Å². The number of nitrogens with one attached hydrogen (secondary N) is 2. The van der Waals surface area contributed by atoms with E-state index in [-0.39, 0.29) is 24.5 Å². The Morgan fingerprint density at radius 3 is 2.43 bits per heavy atom. The van der Waals surface area contributed by atoms with E-state index in [9.17, 15) is 14.4 Å². The van der Waals surface area contributed by atoms with E-state index < -0.39 is 17.7 Å². The molecule has 1 aromatic carbocycles. The van der Waals surface area contributed by atoms with Crippen molar-refractivity contribution < 1.29 is 23.9 Å². The van der Waals surface area contributed by atoms with Crippen molar-refractivity contribution in [2.45, 2.75) is 43.4 Å². The maximum absolute atomic E-state index is 12.8. The summed E-state index contributed by atoms with van der Waals surface area (Å²) in [6.07, 6.45) is 1.83. The lowest BCUT2D eigenvalue weighted by Gasteiger charge is -2.36. The van der Waals surface area contributed by atoms with Crippen LogP contribution in [0.3, 0.4) is 0 Å². The molecule has 9 nitrogen and oxygen atoms in total. The van der Waals surface area contributed by atoms with Crippen molar-refractivity contribution in [3.05, 3.63) is 24.3 Å². The molecule has 1 aliphatic carbocycles. The number of amides is 4. The normalized spacial score (nSPS) is 22.9. The number of fused-ring (bicyclic) bond motifs is 1. The molecular formula is C19H24N4O5. The van der Waals surface area contributed by atoms with Crippen molar-refractivity contribution >= 4 is 17.8 Å². The van der Waals surface area contributed by atoms with Gasteiger partial charge in [0.05, 0.1) is 0 Å². The topological polar surface area (TPSA) is 123 Å². The molecule has 150 valence electrons. The van der Waals surface area contributed by atoms with Gasteiger partial charge in [0, 0.05) is 19.1 Å². The number of urea groups is 1. The average Bonchev–Trinajstić information content (AvgIpc) is 3.47. The second-order valence-electron chi connectivity index (χ2n) is 7.51. The Morgan fingerprint density at radius 1 is 1.11 bits per heavy atom. The van der Waals surface area contributed by atoms with Crippen molar-refractivity contribution in [1.29, 1.82) is 0 Å². The molecule has 2 fully saturated rings. The fraction of sp³-hybridized carbons (Fsp3) is 0.526. The summed E-state index contributed by atoms with van der Waals surface area (Å²) in [7, 11) is 0. The van der Waals surface area contributed by atoms with Crippen molar-refractivity contribution in [2.75, 3.05) is 19.7 Å². The number of hydrogen-bond donors (Lipinski definition) is 3. The Bertz CT molecular complexity index is 786. The number of likely N-dealkylation sites (tertiary alicyclic amines) is 1. The van der Waals surface area contributed by atoms with Crippen LogP contribution in [0.4, 0.5) is 4.79 Å². The maximum Gasteiger partial charge on any atom is 0.313 e. The Hall–Kier alpha value is -2.97. The van der Waals surface area contributed by atoms with Gasteiger partial charge in [0.25, 0.3) is 5.91 Å². The number of carbonyl (C=O) groups is 3.